The summed E-state index contributed by atoms with van der Waals surface area (Å²) in [6.45, 7) is 3.50. The molecule has 39 heavy (non-hydrogen) atoms. The largest absolute Gasteiger partial charge is 0.573 e. The maximum atomic E-state index is 14.2. The quantitative estimate of drug-likeness (QED) is 0.457. The Balaban J connectivity index is 1.35. The number of hydrogen-bond acceptors (Lipinski definition) is 5. The maximum Gasteiger partial charge on any atom is 0.573 e. The van der Waals surface area contributed by atoms with Gasteiger partial charge in [0.05, 0.1) is 19.6 Å². The highest BCUT2D eigenvalue weighted by Gasteiger charge is 2.32. The van der Waals surface area contributed by atoms with Crippen molar-refractivity contribution in [1.82, 2.24) is 19.3 Å². The molecule has 1 amide bonds. The third kappa shape index (κ3) is 6.34. The third-order valence-corrected chi connectivity index (χ3v) is 7.23. The molecule has 2 aliphatic rings. The average Bonchev–Trinajstić information content (AvgIpc) is 3.16. The van der Waals surface area contributed by atoms with E-state index in [0.717, 1.165) is 22.2 Å². The molecule has 0 spiro atoms. The molecule has 5 rings (SSSR count). The van der Waals surface area contributed by atoms with Gasteiger partial charge in [0.25, 0.3) is 0 Å². The predicted molar refractivity (Wildman–Crippen MR) is 134 cm³/mol. The topological polar surface area (TPSA) is 78.3 Å². The van der Waals surface area contributed by atoms with E-state index in [-0.39, 0.29) is 37.1 Å². The highest BCUT2D eigenvalue weighted by Crippen LogP contribution is 2.33. The van der Waals surface area contributed by atoms with Crippen LogP contribution in [0.25, 0.3) is 10.9 Å². The maximum absolute atomic E-state index is 14.2. The highest BCUT2D eigenvalue weighted by atomic mass is 19.4. The summed E-state index contributed by atoms with van der Waals surface area (Å²) in [6, 6.07) is 10.2. The van der Waals surface area contributed by atoms with Crippen LogP contribution in [0.1, 0.15) is 16.8 Å². The fourth-order valence-electron chi connectivity index (χ4n) is 5.42. The molecule has 0 radical (unpaired) electrons. The Hall–Kier alpha value is -3.64. The SMILES string of the molecule is O=C(O)CN1CCN(CC(=O)N2CCc3c(n(Cc4cccc(OC(F)(F)F)c4)c4ccc(F)cc34)C2)CC1. The van der Waals surface area contributed by atoms with Crippen molar-refractivity contribution in [2.75, 3.05) is 45.8 Å². The number of carboxylic acids is 1. The number of benzene rings is 2. The van der Waals surface area contributed by atoms with Gasteiger partial charge in [-0.05, 0) is 47.9 Å². The smallest absolute Gasteiger partial charge is 0.480 e. The molecule has 1 fully saturated rings. The number of carbonyl (C=O) groups is 2. The Kier molecular flexibility index (Phi) is 7.50. The van der Waals surface area contributed by atoms with E-state index in [2.05, 4.69) is 4.74 Å². The van der Waals surface area contributed by atoms with Crippen LogP contribution in [0.4, 0.5) is 17.6 Å². The second kappa shape index (κ2) is 10.9. The molecule has 1 saturated heterocycles. The van der Waals surface area contributed by atoms with Crippen molar-refractivity contribution in [2.24, 2.45) is 0 Å². The van der Waals surface area contributed by atoms with E-state index in [1.807, 2.05) is 14.4 Å². The Morgan fingerprint density at radius 1 is 0.949 bits per heavy atom. The van der Waals surface area contributed by atoms with Crippen molar-refractivity contribution in [2.45, 2.75) is 25.9 Å². The first-order valence-electron chi connectivity index (χ1n) is 12.6. The first-order chi connectivity index (χ1) is 18.6. The van der Waals surface area contributed by atoms with E-state index in [1.54, 1.807) is 17.0 Å². The van der Waals surface area contributed by atoms with E-state index in [0.29, 0.717) is 51.3 Å². The molecule has 0 aliphatic carbocycles. The minimum absolute atomic E-state index is 0.0208. The Labute approximate surface area is 221 Å². The lowest BCUT2D eigenvalue weighted by molar-refractivity contribution is -0.274. The van der Waals surface area contributed by atoms with Crippen LogP contribution in [-0.4, -0.2) is 88.4 Å². The summed E-state index contributed by atoms with van der Waals surface area (Å²) in [4.78, 5) is 29.8. The molecular formula is C27H28F4N4O4. The van der Waals surface area contributed by atoms with Gasteiger partial charge in [-0.3, -0.25) is 19.4 Å². The monoisotopic (exact) mass is 548 g/mol. The average molecular weight is 549 g/mol. The van der Waals surface area contributed by atoms with Crippen molar-refractivity contribution >= 4 is 22.8 Å². The van der Waals surface area contributed by atoms with Gasteiger partial charge >= 0.3 is 12.3 Å². The van der Waals surface area contributed by atoms with Crippen LogP contribution < -0.4 is 4.74 Å². The number of carboxylic acid groups (broad SMARTS) is 1. The molecule has 2 aromatic carbocycles. The number of aliphatic carboxylic acids is 1. The summed E-state index contributed by atoms with van der Waals surface area (Å²) in [5.74, 6) is -1.64. The molecule has 1 N–H and O–H groups in total. The molecule has 8 nitrogen and oxygen atoms in total. The summed E-state index contributed by atoms with van der Waals surface area (Å²) in [5.41, 5.74) is 3.07. The van der Waals surface area contributed by atoms with Crippen molar-refractivity contribution in [3.05, 3.63) is 65.1 Å². The van der Waals surface area contributed by atoms with Crippen LogP contribution in [0, 0.1) is 5.82 Å². The zero-order chi connectivity index (χ0) is 27.7. The second-order valence-electron chi connectivity index (χ2n) is 9.88. The molecule has 3 heterocycles. The normalized spacial score (nSPS) is 16.9. The molecule has 3 aromatic rings. The van der Waals surface area contributed by atoms with Gasteiger partial charge in [-0.25, -0.2) is 4.39 Å². The van der Waals surface area contributed by atoms with Gasteiger partial charge in [-0.2, -0.15) is 0 Å². The van der Waals surface area contributed by atoms with Crippen molar-refractivity contribution in [3.63, 3.8) is 0 Å². The lowest BCUT2D eigenvalue weighted by atomic mass is 10.0. The fraction of sp³-hybridized carbons (Fsp3) is 0.407. The molecule has 208 valence electrons. The molecule has 0 saturated carbocycles. The zero-order valence-electron chi connectivity index (χ0n) is 21.1. The van der Waals surface area contributed by atoms with Crippen LogP contribution in [0.3, 0.4) is 0 Å². The Morgan fingerprint density at radius 2 is 1.67 bits per heavy atom. The van der Waals surface area contributed by atoms with Crippen LogP contribution in [-0.2, 0) is 29.1 Å². The van der Waals surface area contributed by atoms with Gasteiger partial charge in [0, 0.05) is 55.9 Å². The minimum atomic E-state index is -4.81. The van der Waals surface area contributed by atoms with Crippen LogP contribution in [0.15, 0.2) is 42.5 Å². The van der Waals surface area contributed by atoms with E-state index in [1.165, 1.54) is 30.3 Å². The number of aromatic nitrogens is 1. The Bertz CT molecular complexity index is 1380. The summed E-state index contributed by atoms with van der Waals surface area (Å²) in [7, 11) is 0. The number of alkyl halides is 3. The van der Waals surface area contributed by atoms with E-state index >= 15 is 0 Å². The molecule has 0 bridgehead atoms. The van der Waals surface area contributed by atoms with Gasteiger partial charge in [-0.1, -0.05) is 12.1 Å². The molecular weight excluding hydrogens is 520 g/mol. The number of hydrogen-bond donors (Lipinski definition) is 1. The first kappa shape index (κ1) is 26.9. The number of carbonyl (C=O) groups excluding carboxylic acids is 1. The summed E-state index contributed by atoms with van der Waals surface area (Å²) >= 11 is 0. The van der Waals surface area contributed by atoms with E-state index in [9.17, 15) is 27.2 Å². The number of halogens is 4. The fourth-order valence-corrected chi connectivity index (χ4v) is 5.42. The number of amides is 1. The van der Waals surface area contributed by atoms with Crippen molar-refractivity contribution in [1.29, 1.82) is 0 Å². The highest BCUT2D eigenvalue weighted by molar-refractivity contribution is 5.87. The Morgan fingerprint density at radius 3 is 2.36 bits per heavy atom. The van der Waals surface area contributed by atoms with Gasteiger partial charge in [0.15, 0.2) is 0 Å². The van der Waals surface area contributed by atoms with Gasteiger partial charge in [-0.15, -0.1) is 13.2 Å². The van der Waals surface area contributed by atoms with E-state index < -0.39 is 12.3 Å². The molecule has 1 aromatic heterocycles. The number of nitrogens with zero attached hydrogens (tertiary/aromatic N) is 4. The first-order valence-corrected chi connectivity index (χ1v) is 12.6. The zero-order valence-corrected chi connectivity index (χ0v) is 21.1. The molecule has 0 unspecified atom stereocenters. The summed E-state index contributed by atoms with van der Waals surface area (Å²) < 4.78 is 58.4. The van der Waals surface area contributed by atoms with Gasteiger partial charge < -0.3 is 19.3 Å². The molecule has 12 heteroatoms. The lowest BCUT2D eigenvalue weighted by Gasteiger charge is -2.35. The van der Waals surface area contributed by atoms with E-state index in [4.69, 9.17) is 5.11 Å². The van der Waals surface area contributed by atoms with Crippen LogP contribution in [0.2, 0.25) is 0 Å². The molecule has 0 atom stereocenters. The van der Waals surface area contributed by atoms with Gasteiger partial charge in [0.2, 0.25) is 5.91 Å². The lowest BCUT2D eigenvalue weighted by Crippen LogP contribution is -2.51. The van der Waals surface area contributed by atoms with Crippen molar-refractivity contribution < 1.29 is 37.0 Å². The minimum Gasteiger partial charge on any atom is -0.480 e. The summed E-state index contributed by atoms with van der Waals surface area (Å²) in [5, 5.41) is 9.71. The predicted octanol–water partition coefficient (Wildman–Crippen LogP) is 3.31. The standard InChI is InChI=1S/C27H28F4N4O4/c28-19-4-5-23-22(13-19)21-6-7-34(25(36)16-32-8-10-33(11-9-32)17-26(37)38)15-24(21)35(23)14-18-2-1-3-20(12-18)39-27(29,30)31/h1-5,12-13H,6-11,14-17H2,(H,37,38). The van der Waals surface area contributed by atoms with Crippen LogP contribution >= 0.6 is 0 Å². The van der Waals surface area contributed by atoms with Crippen LogP contribution in [0.5, 0.6) is 5.75 Å². The summed E-state index contributed by atoms with van der Waals surface area (Å²) in [6.07, 6.45) is -4.28. The number of piperazine rings is 1. The third-order valence-electron chi connectivity index (χ3n) is 7.23. The molecule has 2 aliphatic heterocycles. The van der Waals surface area contributed by atoms with Gasteiger partial charge in [0.1, 0.15) is 11.6 Å². The number of ether oxygens (including phenoxy) is 1. The number of rotatable bonds is 7. The van der Waals surface area contributed by atoms with Crippen molar-refractivity contribution in [3.8, 4) is 5.75 Å². The second-order valence-corrected chi connectivity index (χ2v) is 9.88. The number of fused-ring (bicyclic) bond motifs is 3.